The van der Waals surface area contributed by atoms with Crippen LogP contribution in [0.25, 0.3) is 0 Å². The summed E-state index contributed by atoms with van der Waals surface area (Å²) in [6.07, 6.45) is 1.07. The first-order valence-electron chi connectivity index (χ1n) is 11.3. The van der Waals surface area contributed by atoms with E-state index in [9.17, 15) is 23.1 Å². The number of aryl methyl sites for hydroxylation is 1. The fourth-order valence-electron chi connectivity index (χ4n) is 3.38. The summed E-state index contributed by atoms with van der Waals surface area (Å²) in [6, 6.07) is 14.7. The van der Waals surface area contributed by atoms with Crippen molar-refractivity contribution in [2.75, 3.05) is 18.8 Å². The van der Waals surface area contributed by atoms with E-state index in [1.165, 1.54) is 23.9 Å². The fourth-order valence-corrected chi connectivity index (χ4v) is 5.91. The minimum absolute atomic E-state index is 0. The number of carboxylic acid groups (broad SMARTS) is 1. The van der Waals surface area contributed by atoms with E-state index in [1.807, 2.05) is 51.1 Å². The Labute approximate surface area is 235 Å². The van der Waals surface area contributed by atoms with E-state index in [4.69, 9.17) is 0 Å². The number of unbranched alkanes of at least 4 members (excludes halogenated alkanes) is 1. The summed E-state index contributed by atoms with van der Waals surface area (Å²) in [5, 5.41) is 14.8. The number of sulfonamides is 1. The number of carbonyl (C=O) groups excluding carboxylic acids is 2. The van der Waals surface area contributed by atoms with E-state index >= 15 is 0 Å². The first-order chi connectivity index (χ1) is 16.1. The van der Waals surface area contributed by atoms with Gasteiger partial charge in [0.05, 0.1) is 22.7 Å². The van der Waals surface area contributed by atoms with Gasteiger partial charge in [0, 0.05) is 18.0 Å². The van der Waals surface area contributed by atoms with E-state index in [0.717, 1.165) is 14.8 Å². The van der Waals surface area contributed by atoms with Crippen molar-refractivity contribution >= 4 is 33.7 Å². The van der Waals surface area contributed by atoms with E-state index in [-0.39, 0.29) is 59.2 Å². The van der Waals surface area contributed by atoms with Gasteiger partial charge in [-0.3, -0.25) is 4.79 Å². The minimum Gasteiger partial charge on any atom is -0.548 e. The molecule has 0 aliphatic carbocycles. The predicted molar refractivity (Wildman–Crippen MR) is 133 cm³/mol. The van der Waals surface area contributed by atoms with Gasteiger partial charge in [0.25, 0.3) is 0 Å². The first kappa shape index (κ1) is 31.7. The van der Waals surface area contributed by atoms with Crippen molar-refractivity contribution in [1.82, 2.24) is 9.62 Å². The fraction of sp³-hybridized carbons (Fsp3) is 0.440. The van der Waals surface area contributed by atoms with Crippen molar-refractivity contribution < 1.29 is 52.7 Å². The zero-order valence-electron chi connectivity index (χ0n) is 20.9. The van der Waals surface area contributed by atoms with Crippen LogP contribution in [0.3, 0.4) is 0 Å². The summed E-state index contributed by atoms with van der Waals surface area (Å²) in [5.74, 6) is -1.29. The second kappa shape index (κ2) is 15.7. The molecule has 1 N–H and O–H groups in total. The van der Waals surface area contributed by atoms with Gasteiger partial charge in [-0.1, -0.05) is 49.7 Å². The van der Waals surface area contributed by atoms with Gasteiger partial charge in [0.15, 0.2) is 0 Å². The second-order valence-electron chi connectivity index (χ2n) is 8.56. The maximum Gasteiger partial charge on any atom is 1.00 e. The molecule has 10 heteroatoms. The Bertz CT molecular complexity index is 1030. The van der Waals surface area contributed by atoms with Crippen molar-refractivity contribution in [3.63, 3.8) is 0 Å². The number of benzene rings is 2. The van der Waals surface area contributed by atoms with Gasteiger partial charge in [-0.15, -0.1) is 11.8 Å². The monoisotopic (exact) mass is 528 g/mol. The van der Waals surface area contributed by atoms with Gasteiger partial charge in [0.2, 0.25) is 15.9 Å². The molecule has 0 spiro atoms. The smallest absolute Gasteiger partial charge is 0.548 e. The van der Waals surface area contributed by atoms with Crippen LogP contribution >= 0.6 is 11.8 Å². The molecule has 0 saturated heterocycles. The van der Waals surface area contributed by atoms with Crippen LogP contribution in [0.4, 0.5) is 0 Å². The van der Waals surface area contributed by atoms with Gasteiger partial charge in [-0.05, 0) is 56.4 Å². The van der Waals surface area contributed by atoms with Crippen LogP contribution < -0.4 is 40.0 Å². The average Bonchev–Trinajstić information content (AvgIpc) is 2.79. The Morgan fingerprint density at radius 1 is 1.03 bits per heavy atom. The number of carbonyl (C=O) groups is 2. The molecular formula is C25H33N2NaO5S2. The maximum atomic E-state index is 13.3. The van der Waals surface area contributed by atoms with Crippen molar-refractivity contribution in [3.8, 4) is 0 Å². The van der Waals surface area contributed by atoms with Crippen molar-refractivity contribution in [3.05, 3.63) is 60.2 Å². The van der Waals surface area contributed by atoms with Crippen molar-refractivity contribution in [1.29, 1.82) is 0 Å². The van der Waals surface area contributed by atoms with Crippen molar-refractivity contribution in [2.45, 2.75) is 55.9 Å². The molecule has 35 heavy (non-hydrogen) atoms. The first-order valence-corrected chi connectivity index (χ1v) is 13.8. The molecule has 0 bridgehead atoms. The van der Waals surface area contributed by atoms with Crippen LogP contribution in [-0.4, -0.2) is 49.5 Å². The third kappa shape index (κ3) is 10.7. The number of hydrogen-bond donors (Lipinski definition) is 1. The van der Waals surface area contributed by atoms with Crippen LogP contribution in [-0.2, 0) is 19.6 Å². The van der Waals surface area contributed by atoms with Gasteiger partial charge in [0.1, 0.15) is 0 Å². The number of nitrogens with one attached hydrogen (secondary N) is 1. The number of aliphatic carboxylic acids is 1. The molecule has 1 amide bonds. The molecule has 7 nitrogen and oxygen atoms in total. The molecule has 0 heterocycles. The summed E-state index contributed by atoms with van der Waals surface area (Å²) in [5.41, 5.74) is 0.912. The molecular weight excluding hydrogens is 495 g/mol. The molecule has 0 saturated carbocycles. The maximum absolute atomic E-state index is 13.3. The Morgan fingerprint density at radius 3 is 2.23 bits per heavy atom. The normalized spacial score (nSPS) is 12.3. The predicted octanol–water partition coefficient (Wildman–Crippen LogP) is -0.157. The molecule has 0 aliphatic rings. The molecule has 2 rings (SSSR count). The summed E-state index contributed by atoms with van der Waals surface area (Å²) in [4.78, 5) is 25.1. The van der Waals surface area contributed by atoms with Crippen LogP contribution in [0.2, 0.25) is 0 Å². The number of nitrogens with zero attached hydrogens (tertiary/aromatic N) is 1. The van der Waals surface area contributed by atoms with E-state index in [1.54, 1.807) is 12.1 Å². The largest absolute Gasteiger partial charge is 1.00 e. The van der Waals surface area contributed by atoms with Crippen molar-refractivity contribution in [2.24, 2.45) is 5.92 Å². The topological polar surface area (TPSA) is 107 Å². The van der Waals surface area contributed by atoms with Gasteiger partial charge < -0.3 is 15.2 Å². The Kier molecular flexibility index (Phi) is 14.2. The molecule has 0 fully saturated rings. The molecule has 1 atom stereocenters. The SMILES string of the molecule is Cc1ccc(S(=O)(=O)N(CC(C)C)[C@@H](CCCCNC(=O)CSc2ccccc2)C(=O)[O-])cc1.[Na+]. The van der Waals surface area contributed by atoms with Gasteiger partial charge >= 0.3 is 29.6 Å². The average molecular weight is 529 g/mol. The zero-order valence-corrected chi connectivity index (χ0v) is 24.5. The third-order valence-electron chi connectivity index (χ3n) is 5.13. The Morgan fingerprint density at radius 2 is 1.66 bits per heavy atom. The number of amides is 1. The molecule has 2 aromatic rings. The quantitative estimate of drug-likeness (QED) is 0.208. The summed E-state index contributed by atoms with van der Waals surface area (Å²) >= 11 is 1.44. The van der Waals surface area contributed by atoms with Crippen LogP contribution in [0.1, 0.15) is 38.7 Å². The number of rotatable bonds is 14. The van der Waals surface area contributed by atoms with Gasteiger partial charge in [-0.2, -0.15) is 4.31 Å². The van der Waals surface area contributed by atoms with E-state index in [0.29, 0.717) is 25.1 Å². The number of hydrogen-bond acceptors (Lipinski definition) is 6. The van der Waals surface area contributed by atoms with Crippen LogP contribution in [0, 0.1) is 12.8 Å². The molecule has 0 aliphatic heterocycles. The molecule has 186 valence electrons. The van der Waals surface area contributed by atoms with Crippen LogP contribution in [0.15, 0.2) is 64.4 Å². The summed E-state index contributed by atoms with van der Waals surface area (Å²) in [6.45, 7) is 6.00. The minimum atomic E-state index is -4.01. The van der Waals surface area contributed by atoms with E-state index < -0.39 is 22.0 Å². The summed E-state index contributed by atoms with van der Waals surface area (Å²) < 4.78 is 27.6. The van der Waals surface area contributed by atoms with Crippen LogP contribution in [0.5, 0.6) is 0 Å². The molecule has 0 aromatic heterocycles. The van der Waals surface area contributed by atoms with Gasteiger partial charge in [-0.25, -0.2) is 8.42 Å². The summed E-state index contributed by atoms with van der Waals surface area (Å²) in [7, 11) is -4.01. The molecule has 0 unspecified atom stereocenters. The standard InChI is InChI=1S/C25H34N2O5S2.Na/c1-19(2)17-27(34(31,32)22-14-12-20(3)13-15-22)23(25(29)30)11-7-8-16-26-24(28)18-33-21-9-5-4-6-10-21;/h4-6,9-10,12-15,19,23H,7-8,11,16-18H2,1-3H3,(H,26,28)(H,29,30);/q;+1/p-1/t23-;/m0./s1. The number of carboxylic acids is 1. The Hall–Kier alpha value is -1.36. The van der Waals surface area contributed by atoms with E-state index in [2.05, 4.69) is 5.32 Å². The third-order valence-corrected chi connectivity index (χ3v) is 8.03. The molecule has 2 aromatic carbocycles. The zero-order chi connectivity index (χ0) is 25.1. The molecule has 0 radical (unpaired) electrons. The number of thioether (sulfide) groups is 1. The Balaban J connectivity index is 0.00000612. The second-order valence-corrected chi connectivity index (χ2v) is 11.5.